The Kier molecular flexibility index (Phi) is 4.18. The van der Waals surface area contributed by atoms with Crippen molar-refractivity contribution in [2.24, 2.45) is 0 Å². The van der Waals surface area contributed by atoms with Crippen molar-refractivity contribution < 1.29 is 18.8 Å². The van der Waals surface area contributed by atoms with Gasteiger partial charge < -0.3 is 14.6 Å². The molecule has 2 N–H and O–H groups in total. The average Bonchev–Trinajstić information content (AvgIpc) is 3.16. The lowest BCUT2D eigenvalue weighted by Crippen LogP contribution is -2.56. The van der Waals surface area contributed by atoms with Crippen LogP contribution in [0.5, 0.6) is 0 Å². The highest BCUT2D eigenvalue weighted by Gasteiger charge is 2.48. The summed E-state index contributed by atoms with van der Waals surface area (Å²) in [6, 6.07) is 9.07. The highest BCUT2D eigenvalue weighted by Crippen LogP contribution is 2.27. The van der Waals surface area contributed by atoms with Crippen molar-refractivity contribution in [2.45, 2.75) is 31.7 Å². The molecular weight excluding hydrogens is 348 g/mol. The Hall–Kier alpha value is -3.16. The molecule has 2 aromatic rings. The number of rotatable bonds is 3. The molecule has 2 fully saturated rings. The zero-order valence-electron chi connectivity index (χ0n) is 14.9. The maximum atomic E-state index is 12.7. The monoisotopic (exact) mass is 368 g/mol. The van der Waals surface area contributed by atoms with Crippen LogP contribution >= 0.6 is 0 Å². The number of hydrogen-bond acceptors (Lipinski definition) is 5. The quantitative estimate of drug-likeness (QED) is 0.797. The molecule has 1 spiro atoms. The number of amides is 4. The molecule has 2 aliphatic heterocycles. The van der Waals surface area contributed by atoms with Crippen molar-refractivity contribution >= 4 is 17.8 Å². The first-order valence-corrected chi connectivity index (χ1v) is 8.90. The standard InChI is InChI=1S/C19H20N4O4/c1-12-14(20-16(27-12)13-5-3-2-4-6-13)11-15(24)23-9-7-19(8-10-23)17(25)21-18(26)22-19/h2-6H,7-11H2,1H3,(H2,21,22,25,26). The molecule has 2 saturated heterocycles. The van der Waals surface area contributed by atoms with Gasteiger partial charge >= 0.3 is 6.03 Å². The average molecular weight is 368 g/mol. The largest absolute Gasteiger partial charge is 0.441 e. The molecule has 0 bridgehead atoms. The number of oxazole rings is 1. The van der Waals surface area contributed by atoms with Crippen LogP contribution in [0.4, 0.5) is 4.79 Å². The summed E-state index contributed by atoms with van der Waals surface area (Å²) in [4.78, 5) is 42.2. The maximum absolute atomic E-state index is 12.7. The van der Waals surface area contributed by atoms with E-state index in [2.05, 4.69) is 15.6 Å². The summed E-state index contributed by atoms with van der Waals surface area (Å²) in [6.07, 6.45) is 0.959. The number of benzene rings is 1. The lowest BCUT2D eigenvalue weighted by atomic mass is 9.87. The van der Waals surface area contributed by atoms with Gasteiger partial charge in [0.1, 0.15) is 11.3 Å². The smallest absolute Gasteiger partial charge is 0.322 e. The number of carbonyl (C=O) groups excluding carboxylic acids is 3. The lowest BCUT2D eigenvalue weighted by Gasteiger charge is -2.36. The zero-order chi connectivity index (χ0) is 19.0. The predicted octanol–water partition coefficient (Wildman–Crippen LogP) is 1.39. The molecule has 4 rings (SSSR count). The van der Waals surface area contributed by atoms with Gasteiger partial charge in [0.15, 0.2) is 0 Å². The molecule has 4 amide bonds. The summed E-state index contributed by atoms with van der Waals surface area (Å²) in [5.74, 6) is 0.752. The third-order valence-electron chi connectivity index (χ3n) is 5.22. The number of aromatic nitrogens is 1. The van der Waals surface area contributed by atoms with Crippen LogP contribution in [-0.2, 0) is 16.0 Å². The molecule has 140 valence electrons. The molecule has 3 heterocycles. The number of piperidine rings is 1. The number of hydrogen-bond donors (Lipinski definition) is 2. The summed E-state index contributed by atoms with van der Waals surface area (Å²) >= 11 is 0. The number of likely N-dealkylation sites (tertiary alicyclic amines) is 1. The Labute approximate surface area is 155 Å². The van der Waals surface area contributed by atoms with Crippen molar-refractivity contribution in [3.05, 3.63) is 41.8 Å². The third kappa shape index (κ3) is 3.18. The van der Waals surface area contributed by atoms with Crippen LogP contribution in [0.3, 0.4) is 0 Å². The van der Waals surface area contributed by atoms with E-state index in [1.54, 1.807) is 11.8 Å². The molecule has 8 nitrogen and oxygen atoms in total. The highest BCUT2D eigenvalue weighted by molar-refractivity contribution is 6.07. The van der Waals surface area contributed by atoms with E-state index in [1.807, 2.05) is 30.3 Å². The van der Waals surface area contributed by atoms with Gasteiger partial charge in [0.25, 0.3) is 5.91 Å². The number of carbonyl (C=O) groups is 3. The van der Waals surface area contributed by atoms with E-state index in [1.165, 1.54) is 0 Å². The van der Waals surface area contributed by atoms with Crippen LogP contribution in [0.2, 0.25) is 0 Å². The Morgan fingerprint density at radius 1 is 1.22 bits per heavy atom. The maximum Gasteiger partial charge on any atom is 0.322 e. The fourth-order valence-electron chi connectivity index (χ4n) is 3.57. The summed E-state index contributed by atoms with van der Waals surface area (Å²) in [7, 11) is 0. The van der Waals surface area contributed by atoms with Crippen molar-refractivity contribution in [3.63, 3.8) is 0 Å². The van der Waals surface area contributed by atoms with Crippen molar-refractivity contribution in [1.29, 1.82) is 0 Å². The number of aryl methyl sites for hydroxylation is 1. The third-order valence-corrected chi connectivity index (χ3v) is 5.22. The first-order valence-electron chi connectivity index (χ1n) is 8.90. The summed E-state index contributed by atoms with van der Waals surface area (Å²) in [5, 5.41) is 4.97. The van der Waals surface area contributed by atoms with E-state index >= 15 is 0 Å². The van der Waals surface area contributed by atoms with Crippen molar-refractivity contribution in [3.8, 4) is 11.5 Å². The molecule has 1 aromatic heterocycles. The van der Waals surface area contributed by atoms with Crippen LogP contribution in [0.15, 0.2) is 34.7 Å². The molecule has 0 radical (unpaired) electrons. The molecule has 0 unspecified atom stereocenters. The minimum atomic E-state index is -0.877. The SMILES string of the molecule is Cc1oc(-c2ccccc2)nc1CC(=O)N1CCC2(CC1)NC(=O)NC2=O. The number of imide groups is 1. The molecule has 0 saturated carbocycles. The van der Waals surface area contributed by atoms with E-state index in [0.29, 0.717) is 43.3 Å². The van der Waals surface area contributed by atoms with Crippen LogP contribution in [0.25, 0.3) is 11.5 Å². The van der Waals surface area contributed by atoms with Crippen molar-refractivity contribution in [1.82, 2.24) is 20.5 Å². The van der Waals surface area contributed by atoms with Gasteiger partial charge in [-0.25, -0.2) is 9.78 Å². The molecule has 8 heteroatoms. The zero-order valence-corrected chi connectivity index (χ0v) is 14.9. The van der Waals surface area contributed by atoms with Gasteiger partial charge in [0, 0.05) is 18.7 Å². The Balaban J connectivity index is 1.41. The molecule has 2 aliphatic rings. The van der Waals surface area contributed by atoms with Crippen LogP contribution in [0.1, 0.15) is 24.3 Å². The van der Waals surface area contributed by atoms with Crippen molar-refractivity contribution in [2.75, 3.05) is 13.1 Å². The number of nitrogens with zero attached hydrogens (tertiary/aromatic N) is 2. The molecule has 1 aromatic carbocycles. The second kappa shape index (κ2) is 6.53. The van der Waals surface area contributed by atoms with E-state index in [0.717, 1.165) is 5.56 Å². The fourth-order valence-corrected chi connectivity index (χ4v) is 3.57. The number of urea groups is 1. The van der Waals surface area contributed by atoms with Gasteiger partial charge in [-0.15, -0.1) is 0 Å². The van der Waals surface area contributed by atoms with E-state index in [4.69, 9.17) is 4.42 Å². The Bertz CT molecular complexity index is 898. The topological polar surface area (TPSA) is 105 Å². The highest BCUT2D eigenvalue weighted by atomic mass is 16.4. The normalized spacial score (nSPS) is 18.5. The summed E-state index contributed by atoms with van der Waals surface area (Å²) in [6.45, 7) is 2.62. The van der Waals surface area contributed by atoms with Gasteiger partial charge in [0.05, 0.1) is 12.1 Å². The van der Waals surface area contributed by atoms with Gasteiger partial charge in [-0.3, -0.25) is 14.9 Å². The lowest BCUT2D eigenvalue weighted by molar-refractivity contribution is -0.135. The molecular formula is C19H20N4O4. The molecule has 0 aliphatic carbocycles. The second-order valence-electron chi connectivity index (χ2n) is 6.94. The molecule has 27 heavy (non-hydrogen) atoms. The second-order valence-corrected chi connectivity index (χ2v) is 6.94. The van der Waals surface area contributed by atoms with Crippen LogP contribution in [0, 0.1) is 6.92 Å². The van der Waals surface area contributed by atoms with Gasteiger partial charge in [-0.1, -0.05) is 18.2 Å². The Morgan fingerprint density at radius 3 is 2.56 bits per heavy atom. The van der Waals surface area contributed by atoms with Crippen LogP contribution < -0.4 is 10.6 Å². The van der Waals surface area contributed by atoms with E-state index in [-0.39, 0.29) is 18.2 Å². The summed E-state index contributed by atoms with van der Waals surface area (Å²) < 4.78 is 5.71. The van der Waals surface area contributed by atoms with E-state index < -0.39 is 11.6 Å². The minimum Gasteiger partial charge on any atom is -0.441 e. The molecule has 0 atom stereocenters. The minimum absolute atomic E-state index is 0.0643. The van der Waals surface area contributed by atoms with E-state index in [9.17, 15) is 14.4 Å². The summed E-state index contributed by atoms with van der Waals surface area (Å²) in [5.41, 5.74) is 0.603. The van der Waals surface area contributed by atoms with Gasteiger partial charge in [-0.05, 0) is 31.9 Å². The van der Waals surface area contributed by atoms with Crippen LogP contribution in [-0.4, -0.2) is 46.4 Å². The Morgan fingerprint density at radius 2 is 1.93 bits per heavy atom. The predicted molar refractivity (Wildman–Crippen MR) is 95.6 cm³/mol. The fraction of sp³-hybridized carbons (Fsp3) is 0.368. The van der Waals surface area contributed by atoms with Gasteiger partial charge in [-0.2, -0.15) is 0 Å². The van der Waals surface area contributed by atoms with Gasteiger partial charge in [0.2, 0.25) is 11.8 Å². The number of nitrogens with one attached hydrogen (secondary N) is 2. The first kappa shape index (κ1) is 17.3. The first-order chi connectivity index (χ1) is 13.0.